The average molecular weight is 221 g/mol. The molecule has 1 rings (SSSR count). The Balaban J connectivity index is 3.03. The van der Waals surface area contributed by atoms with E-state index in [0.29, 0.717) is 6.61 Å². The van der Waals surface area contributed by atoms with Crippen LogP contribution in [0, 0.1) is 13.8 Å². The number of benzene rings is 1. The first-order valence-corrected chi connectivity index (χ1v) is 5.85. The quantitative estimate of drug-likeness (QED) is 0.848. The zero-order valence-corrected chi connectivity index (χ0v) is 11.0. The first kappa shape index (κ1) is 13.2. The van der Waals surface area contributed by atoms with E-state index in [9.17, 15) is 0 Å². The Labute approximate surface area is 98.8 Å². The van der Waals surface area contributed by atoms with Gasteiger partial charge in [0.15, 0.2) is 0 Å². The second-order valence-corrected chi connectivity index (χ2v) is 4.87. The van der Waals surface area contributed by atoms with E-state index in [2.05, 4.69) is 32.0 Å². The van der Waals surface area contributed by atoms with Gasteiger partial charge in [-0.3, -0.25) is 0 Å². The van der Waals surface area contributed by atoms with Gasteiger partial charge < -0.3 is 10.5 Å². The normalized spacial score (nSPS) is 13.9. The van der Waals surface area contributed by atoms with E-state index < -0.39 is 0 Å². The summed E-state index contributed by atoms with van der Waals surface area (Å²) in [6, 6.07) is 6.29. The first-order valence-electron chi connectivity index (χ1n) is 5.85. The van der Waals surface area contributed by atoms with Gasteiger partial charge in [-0.1, -0.05) is 23.8 Å². The third-order valence-corrected chi connectivity index (χ3v) is 3.04. The van der Waals surface area contributed by atoms with Gasteiger partial charge in [0.05, 0.1) is 11.6 Å². The van der Waals surface area contributed by atoms with E-state index >= 15 is 0 Å². The lowest BCUT2D eigenvalue weighted by Crippen LogP contribution is -2.38. The number of ether oxygens (including phenoxy) is 1. The molecule has 2 heteroatoms. The van der Waals surface area contributed by atoms with E-state index in [1.165, 1.54) is 16.7 Å². The molecule has 1 atom stereocenters. The highest BCUT2D eigenvalue weighted by atomic mass is 16.5. The smallest absolute Gasteiger partial charge is 0.0818 e. The maximum atomic E-state index is 6.30. The van der Waals surface area contributed by atoms with Crippen molar-refractivity contribution < 1.29 is 4.74 Å². The zero-order chi connectivity index (χ0) is 12.3. The molecule has 0 amide bonds. The van der Waals surface area contributed by atoms with Crippen molar-refractivity contribution in [1.29, 1.82) is 0 Å². The maximum absolute atomic E-state index is 6.30. The molecule has 1 unspecified atom stereocenters. The highest BCUT2D eigenvalue weighted by Gasteiger charge is 2.29. The van der Waals surface area contributed by atoms with Crippen LogP contribution in [0.5, 0.6) is 0 Å². The Hall–Kier alpha value is -0.860. The molecule has 0 aromatic heterocycles. The number of rotatable bonds is 4. The Kier molecular flexibility index (Phi) is 4.11. The summed E-state index contributed by atoms with van der Waals surface area (Å²) in [5.41, 5.74) is 9.62. The summed E-state index contributed by atoms with van der Waals surface area (Å²) in [5, 5.41) is 0. The molecule has 0 radical (unpaired) electrons. The number of hydrogen-bond donors (Lipinski definition) is 1. The fourth-order valence-corrected chi connectivity index (χ4v) is 1.93. The van der Waals surface area contributed by atoms with Crippen molar-refractivity contribution in [2.45, 2.75) is 46.3 Å². The van der Waals surface area contributed by atoms with Gasteiger partial charge in [0, 0.05) is 6.61 Å². The number of aryl methyl sites for hydroxylation is 2. The molecular weight excluding hydrogens is 198 g/mol. The third kappa shape index (κ3) is 2.83. The molecule has 0 aliphatic heterocycles. The lowest BCUT2D eigenvalue weighted by atomic mass is 9.89. The van der Waals surface area contributed by atoms with Crippen LogP contribution in [0.15, 0.2) is 18.2 Å². The summed E-state index contributed by atoms with van der Waals surface area (Å²) in [4.78, 5) is 0. The highest BCUT2D eigenvalue weighted by Crippen LogP contribution is 2.29. The molecule has 0 aliphatic carbocycles. The summed E-state index contributed by atoms with van der Waals surface area (Å²) >= 11 is 0. The molecule has 16 heavy (non-hydrogen) atoms. The Morgan fingerprint density at radius 1 is 1.31 bits per heavy atom. The van der Waals surface area contributed by atoms with Crippen molar-refractivity contribution in [2.75, 3.05) is 6.61 Å². The second-order valence-electron chi connectivity index (χ2n) is 4.87. The molecular formula is C14H23NO. The third-order valence-electron chi connectivity index (χ3n) is 3.04. The van der Waals surface area contributed by atoms with Crippen LogP contribution in [0.4, 0.5) is 0 Å². The molecule has 2 N–H and O–H groups in total. The fraction of sp³-hybridized carbons (Fsp3) is 0.571. The Morgan fingerprint density at radius 2 is 1.94 bits per heavy atom. The molecule has 1 aromatic rings. The van der Waals surface area contributed by atoms with Gasteiger partial charge >= 0.3 is 0 Å². The minimum atomic E-state index is -0.326. The zero-order valence-electron chi connectivity index (χ0n) is 11.0. The van der Waals surface area contributed by atoms with Crippen LogP contribution in [0.2, 0.25) is 0 Å². The molecule has 0 saturated heterocycles. The maximum Gasteiger partial charge on any atom is 0.0818 e. The summed E-state index contributed by atoms with van der Waals surface area (Å²) in [5.74, 6) is 0. The van der Waals surface area contributed by atoms with E-state index in [1.54, 1.807) is 0 Å². The summed E-state index contributed by atoms with van der Waals surface area (Å²) < 4.78 is 5.72. The summed E-state index contributed by atoms with van der Waals surface area (Å²) in [6.45, 7) is 11.0. The van der Waals surface area contributed by atoms with Crippen molar-refractivity contribution in [3.63, 3.8) is 0 Å². The van der Waals surface area contributed by atoms with Crippen molar-refractivity contribution in [2.24, 2.45) is 5.73 Å². The van der Waals surface area contributed by atoms with Gasteiger partial charge in [-0.15, -0.1) is 0 Å². The van der Waals surface area contributed by atoms with E-state index in [4.69, 9.17) is 10.5 Å². The molecule has 90 valence electrons. The van der Waals surface area contributed by atoms with Gasteiger partial charge in [-0.05, 0) is 45.7 Å². The van der Waals surface area contributed by atoms with Gasteiger partial charge in [0.25, 0.3) is 0 Å². The standard InChI is InChI=1S/C14H23NO/c1-6-16-14(4,5)13(15)12-9-10(2)7-8-11(12)3/h7-9,13H,6,15H2,1-5H3. The van der Waals surface area contributed by atoms with Crippen LogP contribution in [0.3, 0.4) is 0 Å². The number of hydrogen-bond acceptors (Lipinski definition) is 2. The van der Waals surface area contributed by atoms with Crippen molar-refractivity contribution >= 4 is 0 Å². The SMILES string of the molecule is CCOC(C)(C)C(N)c1cc(C)ccc1C. The average Bonchev–Trinajstić information content (AvgIpc) is 2.20. The van der Waals surface area contributed by atoms with Crippen LogP contribution in [0.1, 0.15) is 43.5 Å². The lowest BCUT2D eigenvalue weighted by molar-refractivity contribution is -0.0299. The van der Waals surface area contributed by atoms with Gasteiger partial charge in [-0.25, -0.2) is 0 Å². The molecule has 0 bridgehead atoms. The summed E-state index contributed by atoms with van der Waals surface area (Å²) in [6.07, 6.45) is 0. The molecule has 2 nitrogen and oxygen atoms in total. The van der Waals surface area contributed by atoms with Gasteiger partial charge in [-0.2, -0.15) is 0 Å². The van der Waals surface area contributed by atoms with Crippen LogP contribution in [0.25, 0.3) is 0 Å². The van der Waals surface area contributed by atoms with E-state index in [1.807, 2.05) is 20.8 Å². The van der Waals surface area contributed by atoms with E-state index in [0.717, 1.165) is 0 Å². The molecule has 0 spiro atoms. The van der Waals surface area contributed by atoms with Crippen molar-refractivity contribution in [1.82, 2.24) is 0 Å². The summed E-state index contributed by atoms with van der Waals surface area (Å²) in [7, 11) is 0. The lowest BCUT2D eigenvalue weighted by Gasteiger charge is -2.32. The predicted molar refractivity (Wildman–Crippen MR) is 68.5 cm³/mol. The Bertz CT molecular complexity index is 358. The number of nitrogens with two attached hydrogens (primary N) is 1. The van der Waals surface area contributed by atoms with Crippen LogP contribution in [-0.4, -0.2) is 12.2 Å². The largest absolute Gasteiger partial charge is 0.374 e. The molecule has 0 aliphatic rings. The second kappa shape index (κ2) is 4.98. The monoisotopic (exact) mass is 221 g/mol. The van der Waals surface area contributed by atoms with Gasteiger partial charge in [0.2, 0.25) is 0 Å². The molecule has 0 saturated carbocycles. The van der Waals surface area contributed by atoms with Crippen LogP contribution < -0.4 is 5.73 Å². The Morgan fingerprint density at radius 3 is 2.50 bits per heavy atom. The molecule has 1 aromatic carbocycles. The van der Waals surface area contributed by atoms with Crippen LogP contribution in [-0.2, 0) is 4.74 Å². The minimum absolute atomic E-state index is 0.0904. The minimum Gasteiger partial charge on any atom is -0.374 e. The highest BCUT2D eigenvalue weighted by molar-refractivity contribution is 5.34. The molecule has 0 heterocycles. The first-order chi connectivity index (χ1) is 7.38. The van der Waals surface area contributed by atoms with E-state index in [-0.39, 0.29) is 11.6 Å². The van der Waals surface area contributed by atoms with Gasteiger partial charge in [0.1, 0.15) is 0 Å². The van der Waals surface area contributed by atoms with Crippen molar-refractivity contribution in [3.05, 3.63) is 34.9 Å². The predicted octanol–water partition coefficient (Wildman–Crippen LogP) is 3.12. The van der Waals surface area contributed by atoms with Crippen molar-refractivity contribution in [3.8, 4) is 0 Å². The fourth-order valence-electron chi connectivity index (χ4n) is 1.93. The molecule has 0 fully saturated rings. The van der Waals surface area contributed by atoms with Crippen LogP contribution >= 0.6 is 0 Å². The topological polar surface area (TPSA) is 35.2 Å².